The van der Waals surface area contributed by atoms with E-state index in [2.05, 4.69) is 15.3 Å². The molecule has 2 aliphatic rings. The third-order valence-electron chi connectivity index (χ3n) is 4.00. The molecule has 0 spiro atoms. The van der Waals surface area contributed by atoms with Crippen LogP contribution in [-0.4, -0.2) is 28.7 Å². The molecule has 0 amide bonds. The summed E-state index contributed by atoms with van der Waals surface area (Å²) in [6.45, 7) is 0.861. The molecule has 1 saturated carbocycles. The van der Waals surface area contributed by atoms with Crippen LogP contribution < -0.4 is 5.32 Å². The fourth-order valence-electron chi connectivity index (χ4n) is 2.87. The zero-order valence-electron chi connectivity index (χ0n) is 10.7. The number of aromatic nitrogens is 2. The van der Waals surface area contributed by atoms with E-state index in [4.69, 9.17) is 4.74 Å². The van der Waals surface area contributed by atoms with Gasteiger partial charge in [0.25, 0.3) is 0 Å². The number of para-hydroxylation sites is 2. The number of nitrogens with one attached hydrogen (secondary N) is 1. The minimum absolute atomic E-state index is 0.369. The molecule has 2 fully saturated rings. The van der Waals surface area contributed by atoms with E-state index in [-0.39, 0.29) is 0 Å². The molecule has 2 aromatic rings. The Labute approximate surface area is 112 Å². The third kappa shape index (κ3) is 2.16. The minimum Gasteiger partial charge on any atom is -0.376 e. The van der Waals surface area contributed by atoms with Crippen LogP contribution in [0.15, 0.2) is 30.5 Å². The van der Waals surface area contributed by atoms with Crippen molar-refractivity contribution >= 4 is 16.9 Å². The van der Waals surface area contributed by atoms with Crippen molar-refractivity contribution in [3.05, 3.63) is 30.5 Å². The van der Waals surface area contributed by atoms with Crippen LogP contribution in [0.3, 0.4) is 0 Å². The monoisotopic (exact) mass is 255 g/mol. The van der Waals surface area contributed by atoms with Crippen molar-refractivity contribution in [3.8, 4) is 0 Å². The lowest BCUT2D eigenvalue weighted by Crippen LogP contribution is -2.31. The average molecular weight is 255 g/mol. The van der Waals surface area contributed by atoms with Gasteiger partial charge in [-0.2, -0.15) is 0 Å². The van der Waals surface area contributed by atoms with E-state index < -0.39 is 0 Å². The highest BCUT2D eigenvalue weighted by atomic mass is 16.5. The van der Waals surface area contributed by atoms with Gasteiger partial charge < -0.3 is 10.1 Å². The summed E-state index contributed by atoms with van der Waals surface area (Å²) in [5.41, 5.74) is 1.88. The molecule has 4 nitrogen and oxygen atoms in total. The molecular weight excluding hydrogens is 238 g/mol. The van der Waals surface area contributed by atoms with Gasteiger partial charge in [-0.25, -0.2) is 4.98 Å². The van der Waals surface area contributed by atoms with Crippen LogP contribution in [0.2, 0.25) is 0 Å². The number of hydrogen-bond acceptors (Lipinski definition) is 4. The smallest absolute Gasteiger partial charge is 0.145 e. The van der Waals surface area contributed by atoms with Gasteiger partial charge in [0, 0.05) is 6.61 Å². The van der Waals surface area contributed by atoms with Gasteiger partial charge in [-0.1, -0.05) is 12.1 Å². The average Bonchev–Trinajstić information content (AvgIpc) is 3.19. The number of hydrogen-bond donors (Lipinski definition) is 1. The molecule has 1 saturated heterocycles. The number of ether oxygens (including phenoxy) is 1. The van der Waals surface area contributed by atoms with Crippen LogP contribution in [0.25, 0.3) is 11.0 Å². The molecule has 19 heavy (non-hydrogen) atoms. The molecule has 0 bridgehead atoms. The van der Waals surface area contributed by atoms with Gasteiger partial charge in [0.15, 0.2) is 0 Å². The summed E-state index contributed by atoms with van der Waals surface area (Å²) < 4.78 is 5.84. The van der Waals surface area contributed by atoms with E-state index >= 15 is 0 Å². The summed E-state index contributed by atoms with van der Waals surface area (Å²) in [5.74, 6) is 1.62. The van der Waals surface area contributed by atoms with Crippen LogP contribution in [0, 0.1) is 5.92 Å². The van der Waals surface area contributed by atoms with Crippen molar-refractivity contribution in [2.45, 2.75) is 31.4 Å². The van der Waals surface area contributed by atoms with Crippen molar-refractivity contribution in [2.24, 2.45) is 5.92 Å². The molecule has 98 valence electrons. The first kappa shape index (κ1) is 11.2. The summed E-state index contributed by atoms with van der Waals surface area (Å²) in [6.07, 6.45) is 5.88. The predicted molar refractivity (Wildman–Crippen MR) is 74.0 cm³/mol. The van der Waals surface area contributed by atoms with E-state index in [9.17, 15) is 0 Å². The minimum atomic E-state index is 0.369. The second-order valence-corrected chi connectivity index (χ2v) is 5.46. The zero-order valence-corrected chi connectivity index (χ0v) is 10.7. The van der Waals surface area contributed by atoms with Gasteiger partial charge in [0.05, 0.1) is 29.4 Å². The van der Waals surface area contributed by atoms with Crippen molar-refractivity contribution in [1.29, 1.82) is 0 Å². The summed E-state index contributed by atoms with van der Waals surface area (Å²) in [6, 6.07) is 8.35. The number of nitrogens with zero attached hydrogens (tertiary/aromatic N) is 2. The van der Waals surface area contributed by atoms with Gasteiger partial charge in [0.1, 0.15) is 5.82 Å². The van der Waals surface area contributed by atoms with E-state index in [1.54, 1.807) is 0 Å². The molecule has 0 radical (unpaired) electrons. The highest BCUT2D eigenvalue weighted by molar-refractivity contribution is 5.75. The lowest BCUT2D eigenvalue weighted by molar-refractivity contribution is 0.0898. The second-order valence-electron chi connectivity index (χ2n) is 5.46. The number of anilines is 1. The Morgan fingerprint density at radius 3 is 2.79 bits per heavy atom. The van der Waals surface area contributed by atoms with Crippen molar-refractivity contribution in [2.75, 3.05) is 11.9 Å². The van der Waals surface area contributed by atoms with E-state index in [1.165, 1.54) is 12.8 Å². The quantitative estimate of drug-likeness (QED) is 0.915. The first-order valence-corrected chi connectivity index (χ1v) is 7.00. The third-order valence-corrected chi connectivity index (χ3v) is 4.00. The van der Waals surface area contributed by atoms with Gasteiger partial charge >= 0.3 is 0 Å². The molecule has 1 N–H and O–H groups in total. The molecule has 2 unspecified atom stereocenters. The fraction of sp³-hybridized carbons (Fsp3) is 0.467. The highest BCUT2D eigenvalue weighted by Gasteiger charge is 2.40. The number of rotatable bonds is 3. The largest absolute Gasteiger partial charge is 0.376 e. The molecule has 1 aliphatic carbocycles. The molecule has 2 heterocycles. The summed E-state index contributed by atoms with van der Waals surface area (Å²) in [5, 5.41) is 3.51. The van der Waals surface area contributed by atoms with Crippen molar-refractivity contribution in [3.63, 3.8) is 0 Å². The number of benzene rings is 1. The Morgan fingerprint density at radius 1 is 1.11 bits per heavy atom. The van der Waals surface area contributed by atoms with Gasteiger partial charge in [-0.05, 0) is 37.3 Å². The van der Waals surface area contributed by atoms with Gasteiger partial charge in [-0.3, -0.25) is 4.98 Å². The number of fused-ring (bicyclic) bond motifs is 1. The van der Waals surface area contributed by atoms with Crippen LogP contribution >= 0.6 is 0 Å². The summed E-state index contributed by atoms with van der Waals surface area (Å²) in [4.78, 5) is 9.07. The highest BCUT2D eigenvalue weighted by Crippen LogP contribution is 2.39. The lowest BCUT2D eigenvalue weighted by Gasteiger charge is -2.19. The first-order chi connectivity index (χ1) is 9.40. The van der Waals surface area contributed by atoms with Gasteiger partial charge in [0.2, 0.25) is 0 Å². The molecular formula is C15H17N3O. The maximum Gasteiger partial charge on any atom is 0.145 e. The van der Waals surface area contributed by atoms with Crippen LogP contribution in [0.5, 0.6) is 0 Å². The maximum atomic E-state index is 5.84. The van der Waals surface area contributed by atoms with Crippen LogP contribution in [-0.2, 0) is 4.74 Å². The fourth-order valence-corrected chi connectivity index (χ4v) is 2.87. The Balaban J connectivity index is 1.57. The molecule has 1 aromatic carbocycles. The first-order valence-electron chi connectivity index (χ1n) is 7.00. The zero-order chi connectivity index (χ0) is 12.7. The normalized spacial score (nSPS) is 26.7. The topological polar surface area (TPSA) is 47.0 Å². The van der Waals surface area contributed by atoms with Crippen molar-refractivity contribution in [1.82, 2.24) is 9.97 Å². The lowest BCUT2D eigenvalue weighted by atomic mass is 10.1. The Kier molecular flexibility index (Phi) is 2.62. The Morgan fingerprint density at radius 2 is 1.95 bits per heavy atom. The summed E-state index contributed by atoms with van der Waals surface area (Å²) in [7, 11) is 0. The van der Waals surface area contributed by atoms with E-state index in [1.807, 2.05) is 30.5 Å². The summed E-state index contributed by atoms with van der Waals surface area (Å²) >= 11 is 0. The van der Waals surface area contributed by atoms with E-state index in [0.29, 0.717) is 12.1 Å². The SMILES string of the molecule is c1ccc2nc(NC3CCOC3C3CC3)cnc2c1. The molecule has 1 aromatic heterocycles. The van der Waals surface area contributed by atoms with Crippen LogP contribution in [0.1, 0.15) is 19.3 Å². The molecule has 4 heteroatoms. The molecule has 1 aliphatic heterocycles. The predicted octanol–water partition coefficient (Wildman–Crippen LogP) is 2.61. The standard InChI is InChI=1S/C15H17N3O/c1-2-4-12-11(3-1)16-9-14(17-12)18-13-7-8-19-15(13)10-5-6-10/h1-4,9-10,13,15H,5-8H2,(H,17,18). The Bertz CT molecular complexity index is 597. The van der Waals surface area contributed by atoms with Crippen molar-refractivity contribution < 1.29 is 4.74 Å². The molecule has 2 atom stereocenters. The van der Waals surface area contributed by atoms with E-state index in [0.717, 1.165) is 35.8 Å². The maximum absolute atomic E-state index is 5.84. The van der Waals surface area contributed by atoms with Crippen LogP contribution in [0.4, 0.5) is 5.82 Å². The molecule has 4 rings (SSSR count). The van der Waals surface area contributed by atoms with Gasteiger partial charge in [-0.15, -0.1) is 0 Å². The second kappa shape index (κ2) is 4.46. The Hall–Kier alpha value is -1.68.